The molecule has 5 heteroatoms. The number of carbonyl (C=O) groups excluding carboxylic acids is 1. The number of terminal acetylenes is 1. The molecule has 0 spiro atoms. The lowest BCUT2D eigenvalue weighted by Gasteiger charge is -2.21. The smallest absolute Gasteiger partial charge is 0.335 e. The van der Waals surface area contributed by atoms with E-state index in [2.05, 4.69) is 11.2 Å². The number of aromatic carboxylic acids is 1. The number of carboxylic acid groups (broad SMARTS) is 1. The maximum absolute atomic E-state index is 12.2. The molecule has 0 aromatic heterocycles. The standard InChI is InChI=1S/C16H18N2O3/c1-3-8-18(10-12-4-5-12)16(21)17-14-7-6-13(15(19)20)9-11(14)2/h1,6-7,9,12H,4-5,8,10H2,2H3,(H,17,21)(H,19,20). The Bertz CT molecular complexity index is 600. The van der Waals surface area contributed by atoms with E-state index in [0.29, 0.717) is 23.7 Å². The van der Waals surface area contributed by atoms with Gasteiger partial charge < -0.3 is 15.3 Å². The molecule has 1 fully saturated rings. The zero-order valence-corrected chi connectivity index (χ0v) is 11.9. The summed E-state index contributed by atoms with van der Waals surface area (Å²) >= 11 is 0. The van der Waals surface area contributed by atoms with Crippen LogP contribution in [-0.4, -0.2) is 35.1 Å². The molecule has 2 N–H and O–H groups in total. The quantitative estimate of drug-likeness (QED) is 0.817. The van der Waals surface area contributed by atoms with Gasteiger partial charge in [-0.25, -0.2) is 9.59 Å². The molecular weight excluding hydrogens is 268 g/mol. The maximum atomic E-state index is 12.2. The minimum Gasteiger partial charge on any atom is -0.478 e. The summed E-state index contributed by atoms with van der Waals surface area (Å²) in [6.07, 6.45) is 7.58. The van der Waals surface area contributed by atoms with E-state index in [1.165, 1.54) is 12.1 Å². The third-order valence-electron chi connectivity index (χ3n) is 3.46. The number of nitrogens with one attached hydrogen (secondary N) is 1. The minimum absolute atomic E-state index is 0.198. The Labute approximate surface area is 124 Å². The van der Waals surface area contributed by atoms with Crippen LogP contribution >= 0.6 is 0 Å². The van der Waals surface area contributed by atoms with Gasteiger partial charge in [-0.15, -0.1) is 6.42 Å². The van der Waals surface area contributed by atoms with Crippen molar-refractivity contribution in [3.05, 3.63) is 29.3 Å². The normalized spacial score (nSPS) is 13.3. The number of urea groups is 1. The zero-order valence-electron chi connectivity index (χ0n) is 11.9. The van der Waals surface area contributed by atoms with Crippen LogP contribution in [0.1, 0.15) is 28.8 Å². The Kier molecular flexibility index (Phi) is 4.49. The van der Waals surface area contributed by atoms with Gasteiger partial charge in [-0.3, -0.25) is 0 Å². The number of carbonyl (C=O) groups is 2. The van der Waals surface area contributed by atoms with Gasteiger partial charge >= 0.3 is 12.0 Å². The molecular formula is C16H18N2O3. The van der Waals surface area contributed by atoms with Gasteiger partial charge in [0.25, 0.3) is 0 Å². The van der Waals surface area contributed by atoms with Crippen molar-refractivity contribution in [2.75, 3.05) is 18.4 Å². The second kappa shape index (κ2) is 6.31. The Morgan fingerprint density at radius 1 is 1.48 bits per heavy atom. The van der Waals surface area contributed by atoms with Crippen molar-refractivity contribution in [2.24, 2.45) is 5.92 Å². The topological polar surface area (TPSA) is 69.6 Å². The molecule has 1 aromatic carbocycles. The number of hydrogen-bond acceptors (Lipinski definition) is 2. The molecule has 110 valence electrons. The summed E-state index contributed by atoms with van der Waals surface area (Å²) in [7, 11) is 0. The fourth-order valence-electron chi connectivity index (χ4n) is 2.07. The van der Waals surface area contributed by atoms with Gasteiger partial charge in [-0.05, 0) is 49.4 Å². The molecule has 21 heavy (non-hydrogen) atoms. The van der Waals surface area contributed by atoms with Gasteiger partial charge in [-0.2, -0.15) is 0 Å². The van der Waals surface area contributed by atoms with Crippen molar-refractivity contribution >= 4 is 17.7 Å². The first-order valence-electron chi connectivity index (χ1n) is 6.84. The van der Waals surface area contributed by atoms with Gasteiger partial charge in [0.05, 0.1) is 12.1 Å². The maximum Gasteiger partial charge on any atom is 0.335 e. The summed E-state index contributed by atoms with van der Waals surface area (Å²) in [4.78, 5) is 24.7. The van der Waals surface area contributed by atoms with Crippen LogP contribution in [0.2, 0.25) is 0 Å². The van der Waals surface area contributed by atoms with Gasteiger partial charge in [-0.1, -0.05) is 5.92 Å². The molecule has 0 heterocycles. The van der Waals surface area contributed by atoms with E-state index in [1.54, 1.807) is 17.9 Å². The molecule has 0 bridgehead atoms. The Morgan fingerprint density at radius 2 is 2.19 bits per heavy atom. The summed E-state index contributed by atoms with van der Waals surface area (Å²) in [5, 5.41) is 11.7. The van der Waals surface area contributed by atoms with Crippen LogP contribution in [0.5, 0.6) is 0 Å². The SMILES string of the molecule is C#CCN(CC1CC1)C(=O)Nc1ccc(C(=O)O)cc1C. The first-order valence-corrected chi connectivity index (χ1v) is 6.84. The first-order chi connectivity index (χ1) is 10.0. The Hall–Kier alpha value is -2.48. The van der Waals surface area contributed by atoms with Crippen molar-refractivity contribution in [3.63, 3.8) is 0 Å². The van der Waals surface area contributed by atoms with Gasteiger partial charge in [0.2, 0.25) is 0 Å². The van der Waals surface area contributed by atoms with Crippen LogP contribution in [0.3, 0.4) is 0 Å². The van der Waals surface area contributed by atoms with E-state index >= 15 is 0 Å². The van der Waals surface area contributed by atoms with Crippen molar-refractivity contribution in [3.8, 4) is 12.3 Å². The molecule has 0 unspecified atom stereocenters. The second-order valence-corrected chi connectivity index (χ2v) is 5.29. The lowest BCUT2D eigenvalue weighted by molar-refractivity contribution is 0.0697. The van der Waals surface area contributed by atoms with Crippen LogP contribution in [0.4, 0.5) is 10.5 Å². The van der Waals surface area contributed by atoms with Crippen LogP contribution in [0.25, 0.3) is 0 Å². The number of hydrogen-bond donors (Lipinski definition) is 2. The first kappa shape index (κ1) is 14.9. The molecule has 0 atom stereocenters. The van der Waals surface area contributed by atoms with Crippen molar-refractivity contribution in [1.29, 1.82) is 0 Å². The summed E-state index contributed by atoms with van der Waals surface area (Å²) in [5.74, 6) is 2.06. The molecule has 0 saturated heterocycles. The highest BCUT2D eigenvalue weighted by Gasteiger charge is 2.26. The van der Waals surface area contributed by atoms with E-state index < -0.39 is 5.97 Å². The number of aryl methyl sites for hydroxylation is 1. The molecule has 5 nitrogen and oxygen atoms in total. The predicted molar refractivity (Wildman–Crippen MR) is 80.3 cm³/mol. The van der Waals surface area contributed by atoms with Crippen LogP contribution in [0, 0.1) is 25.2 Å². The largest absolute Gasteiger partial charge is 0.478 e. The van der Waals surface area contributed by atoms with Crippen LogP contribution < -0.4 is 5.32 Å². The van der Waals surface area contributed by atoms with Gasteiger partial charge in [0.15, 0.2) is 0 Å². The number of nitrogens with zero attached hydrogens (tertiary/aromatic N) is 1. The monoisotopic (exact) mass is 286 g/mol. The summed E-state index contributed by atoms with van der Waals surface area (Å²) in [6.45, 7) is 2.70. The lowest BCUT2D eigenvalue weighted by atomic mass is 10.1. The third-order valence-corrected chi connectivity index (χ3v) is 3.46. The number of benzene rings is 1. The molecule has 1 saturated carbocycles. The van der Waals surface area contributed by atoms with E-state index in [4.69, 9.17) is 11.5 Å². The Balaban J connectivity index is 2.06. The fourth-order valence-corrected chi connectivity index (χ4v) is 2.07. The highest BCUT2D eigenvalue weighted by atomic mass is 16.4. The summed E-state index contributed by atoms with van der Waals surface area (Å²) in [5.41, 5.74) is 1.50. The van der Waals surface area contributed by atoms with E-state index in [-0.39, 0.29) is 18.1 Å². The van der Waals surface area contributed by atoms with E-state index in [9.17, 15) is 9.59 Å². The predicted octanol–water partition coefficient (Wildman–Crippen LogP) is 2.57. The van der Waals surface area contributed by atoms with Crippen molar-refractivity contribution < 1.29 is 14.7 Å². The van der Waals surface area contributed by atoms with Gasteiger partial charge in [0, 0.05) is 12.2 Å². The van der Waals surface area contributed by atoms with Crippen molar-refractivity contribution in [2.45, 2.75) is 19.8 Å². The molecule has 1 aromatic rings. The average Bonchev–Trinajstić information content (AvgIpc) is 3.24. The van der Waals surface area contributed by atoms with Crippen LogP contribution in [0.15, 0.2) is 18.2 Å². The summed E-state index contributed by atoms with van der Waals surface area (Å²) in [6, 6.07) is 4.36. The highest BCUT2D eigenvalue weighted by Crippen LogP contribution is 2.30. The number of amides is 2. The highest BCUT2D eigenvalue weighted by molar-refractivity contribution is 5.92. The lowest BCUT2D eigenvalue weighted by Crippen LogP contribution is -2.37. The van der Waals surface area contributed by atoms with Gasteiger partial charge in [0.1, 0.15) is 0 Å². The minimum atomic E-state index is -0.987. The number of rotatable bonds is 5. The third kappa shape index (κ3) is 3.99. The van der Waals surface area contributed by atoms with E-state index in [0.717, 1.165) is 12.8 Å². The zero-order chi connectivity index (χ0) is 15.4. The van der Waals surface area contributed by atoms with E-state index in [1.807, 2.05) is 0 Å². The fraction of sp³-hybridized carbons (Fsp3) is 0.375. The number of anilines is 1. The van der Waals surface area contributed by atoms with Crippen LogP contribution in [-0.2, 0) is 0 Å². The molecule has 2 amide bonds. The molecule has 2 rings (SSSR count). The second-order valence-electron chi connectivity index (χ2n) is 5.29. The summed E-state index contributed by atoms with van der Waals surface area (Å²) < 4.78 is 0. The molecule has 0 radical (unpaired) electrons. The number of carboxylic acids is 1. The molecule has 0 aliphatic heterocycles. The average molecular weight is 286 g/mol. The molecule has 1 aliphatic rings. The Morgan fingerprint density at radius 3 is 2.71 bits per heavy atom. The molecule has 1 aliphatic carbocycles. The van der Waals surface area contributed by atoms with Crippen molar-refractivity contribution in [1.82, 2.24) is 4.90 Å².